The molecule has 0 aliphatic heterocycles. The van der Waals surface area contributed by atoms with E-state index < -0.39 is 0 Å². The molecule has 3 rings (SSSR count). The van der Waals surface area contributed by atoms with Crippen LogP contribution in [0.3, 0.4) is 0 Å². The molecule has 0 amide bonds. The Morgan fingerprint density at radius 1 is 0.900 bits per heavy atom. The quantitative estimate of drug-likeness (QED) is 0.722. The molecule has 2 aromatic carbocycles. The first-order chi connectivity index (χ1) is 9.83. The minimum Gasteiger partial charge on any atom is -0.295 e. The van der Waals surface area contributed by atoms with E-state index in [9.17, 15) is 4.79 Å². The average molecular weight is 262 g/mol. The van der Waals surface area contributed by atoms with Crippen molar-refractivity contribution in [2.24, 2.45) is 0 Å². The van der Waals surface area contributed by atoms with Gasteiger partial charge >= 0.3 is 0 Å². The van der Waals surface area contributed by atoms with Crippen molar-refractivity contribution in [2.75, 3.05) is 0 Å². The third kappa shape index (κ3) is 2.88. The predicted octanol–water partition coefficient (Wildman–Crippen LogP) is 4.61. The standard InChI is InChI=1S/C19H18O/c20-19-14-17(16-9-5-2-6-10-16)11-12-18(19)13-15-7-3-1-4-8-15/h1-10,13,17H,11-12,14H2/b18-13-. The zero-order valence-electron chi connectivity index (χ0n) is 11.5. The maximum Gasteiger partial charge on any atom is 0.159 e. The fraction of sp³-hybridized carbons (Fsp3) is 0.211. The van der Waals surface area contributed by atoms with Gasteiger partial charge in [-0.05, 0) is 41.5 Å². The number of rotatable bonds is 2. The van der Waals surface area contributed by atoms with Gasteiger partial charge in [-0.25, -0.2) is 0 Å². The fourth-order valence-electron chi connectivity index (χ4n) is 2.84. The van der Waals surface area contributed by atoms with Gasteiger partial charge in [0.25, 0.3) is 0 Å². The minimum absolute atomic E-state index is 0.300. The Labute approximate surface area is 120 Å². The summed E-state index contributed by atoms with van der Waals surface area (Å²) in [7, 11) is 0. The van der Waals surface area contributed by atoms with Crippen molar-refractivity contribution in [1.82, 2.24) is 0 Å². The predicted molar refractivity (Wildman–Crippen MR) is 82.5 cm³/mol. The second kappa shape index (κ2) is 5.87. The van der Waals surface area contributed by atoms with Gasteiger partial charge < -0.3 is 0 Å². The monoisotopic (exact) mass is 262 g/mol. The van der Waals surface area contributed by atoms with E-state index in [1.807, 2.05) is 42.5 Å². The molecule has 1 aliphatic carbocycles. The minimum atomic E-state index is 0.300. The number of carbonyl (C=O) groups excluding carboxylic acids is 1. The summed E-state index contributed by atoms with van der Waals surface area (Å²) in [6.45, 7) is 0. The maximum absolute atomic E-state index is 12.3. The van der Waals surface area contributed by atoms with E-state index in [4.69, 9.17) is 0 Å². The topological polar surface area (TPSA) is 17.1 Å². The third-order valence-corrected chi connectivity index (χ3v) is 3.96. The van der Waals surface area contributed by atoms with E-state index in [0.717, 1.165) is 24.0 Å². The number of hydrogen-bond acceptors (Lipinski definition) is 1. The number of carbonyl (C=O) groups is 1. The Morgan fingerprint density at radius 2 is 1.55 bits per heavy atom. The Bertz CT molecular complexity index is 611. The zero-order valence-corrected chi connectivity index (χ0v) is 11.5. The van der Waals surface area contributed by atoms with Gasteiger partial charge in [0, 0.05) is 6.42 Å². The van der Waals surface area contributed by atoms with E-state index in [1.165, 1.54) is 5.56 Å². The van der Waals surface area contributed by atoms with Crippen LogP contribution >= 0.6 is 0 Å². The van der Waals surface area contributed by atoms with E-state index >= 15 is 0 Å². The molecule has 0 saturated heterocycles. The van der Waals surface area contributed by atoms with E-state index in [1.54, 1.807) is 0 Å². The molecular formula is C19H18O. The van der Waals surface area contributed by atoms with E-state index in [0.29, 0.717) is 18.1 Å². The molecule has 0 spiro atoms. The molecule has 0 heterocycles. The lowest BCUT2D eigenvalue weighted by Gasteiger charge is -2.23. The van der Waals surface area contributed by atoms with Crippen LogP contribution < -0.4 is 0 Å². The van der Waals surface area contributed by atoms with Gasteiger partial charge in [-0.1, -0.05) is 60.7 Å². The third-order valence-electron chi connectivity index (χ3n) is 3.96. The first-order valence-corrected chi connectivity index (χ1v) is 7.17. The van der Waals surface area contributed by atoms with Gasteiger partial charge in [0.1, 0.15) is 0 Å². The van der Waals surface area contributed by atoms with Gasteiger partial charge in [-0.15, -0.1) is 0 Å². The molecule has 0 N–H and O–H groups in total. The van der Waals surface area contributed by atoms with Crippen LogP contribution in [0.25, 0.3) is 6.08 Å². The molecule has 1 fully saturated rings. The normalized spacial score (nSPS) is 21.1. The second-order valence-electron chi connectivity index (χ2n) is 5.35. The molecule has 1 aliphatic rings. The maximum atomic E-state index is 12.3. The highest BCUT2D eigenvalue weighted by Crippen LogP contribution is 2.33. The highest BCUT2D eigenvalue weighted by Gasteiger charge is 2.24. The number of Topliss-reactive ketones (excluding diaryl/α,β-unsaturated/α-hetero) is 1. The van der Waals surface area contributed by atoms with Crippen LogP contribution in [-0.2, 0) is 4.79 Å². The summed E-state index contributed by atoms with van der Waals surface area (Å²) in [5, 5.41) is 0. The molecule has 1 saturated carbocycles. The molecular weight excluding hydrogens is 244 g/mol. The second-order valence-corrected chi connectivity index (χ2v) is 5.35. The molecule has 2 aromatic rings. The Hall–Kier alpha value is -2.15. The first kappa shape index (κ1) is 12.9. The summed E-state index contributed by atoms with van der Waals surface area (Å²) < 4.78 is 0. The SMILES string of the molecule is O=C1CC(c2ccccc2)CC/C1=C/c1ccccc1. The molecule has 1 heteroatoms. The van der Waals surface area contributed by atoms with Crippen molar-refractivity contribution in [3.63, 3.8) is 0 Å². The largest absolute Gasteiger partial charge is 0.295 e. The number of ketones is 1. The van der Waals surface area contributed by atoms with Crippen molar-refractivity contribution in [3.05, 3.63) is 77.4 Å². The van der Waals surface area contributed by atoms with Gasteiger partial charge in [0.15, 0.2) is 5.78 Å². The van der Waals surface area contributed by atoms with Crippen molar-refractivity contribution >= 4 is 11.9 Å². The van der Waals surface area contributed by atoms with Crippen LogP contribution in [0.4, 0.5) is 0 Å². The van der Waals surface area contributed by atoms with Crippen molar-refractivity contribution in [3.8, 4) is 0 Å². The first-order valence-electron chi connectivity index (χ1n) is 7.17. The molecule has 0 aromatic heterocycles. The molecule has 1 atom stereocenters. The lowest BCUT2D eigenvalue weighted by Crippen LogP contribution is -2.16. The lowest BCUT2D eigenvalue weighted by atomic mass is 9.80. The van der Waals surface area contributed by atoms with Crippen LogP contribution in [0.5, 0.6) is 0 Å². The lowest BCUT2D eigenvalue weighted by molar-refractivity contribution is -0.116. The van der Waals surface area contributed by atoms with Crippen LogP contribution in [-0.4, -0.2) is 5.78 Å². The number of allylic oxidation sites excluding steroid dienone is 1. The van der Waals surface area contributed by atoms with Gasteiger partial charge in [-0.3, -0.25) is 4.79 Å². The highest BCUT2D eigenvalue weighted by molar-refractivity contribution is 6.00. The highest BCUT2D eigenvalue weighted by atomic mass is 16.1. The van der Waals surface area contributed by atoms with Gasteiger partial charge in [-0.2, -0.15) is 0 Å². The molecule has 1 unspecified atom stereocenters. The average Bonchev–Trinajstić information content (AvgIpc) is 2.51. The summed E-state index contributed by atoms with van der Waals surface area (Å²) >= 11 is 0. The van der Waals surface area contributed by atoms with Crippen molar-refractivity contribution in [2.45, 2.75) is 25.2 Å². The van der Waals surface area contributed by atoms with Crippen LogP contribution in [0.1, 0.15) is 36.3 Å². The number of hydrogen-bond donors (Lipinski definition) is 0. The van der Waals surface area contributed by atoms with Crippen molar-refractivity contribution in [1.29, 1.82) is 0 Å². The van der Waals surface area contributed by atoms with Gasteiger partial charge in [0.05, 0.1) is 0 Å². The Balaban J connectivity index is 1.75. The molecule has 100 valence electrons. The molecule has 1 nitrogen and oxygen atoms in total. The molecule has 20 heavy (non-hydrogen) atoms. The van der Waals surface area contributed by atoms with E-state index in [2.05, 4.69) is 24.3 Å². The van der Waals surface area contributed by atoms with Gasteiger partial charge in [0.2, 0.25) is 0 Å². The smallest absolute Gasteiger partial charge is 0.159 e. The van der Waals surface area contributed by atoms with Crippen LogP contribution in [0.2, 0.25) is 0 Å². The summed E-state index contributed by atoms with van der Waals surface area (Å²) in [4.78, 5) is 12.3. The Kier molecular flexibility index (Phi) is 3.78. The van der Waals surface area contributed by atoms with Crippen LogP contribution in [0.15, 0.2) is 66.2 Å². The van der Waals surface area contributed by atoms with Crippen LogP contribution in [0, 0.1) is 0 Å². The summed E-state index contributed by atoms with van der Waals surface area (Å²) in [5.41, 5.74) is 3.39. The summed E-state index contributed by atoms with van der Waals surface area (Å²) in [6, 6.07) is 20.5. The van der Waals surface area contributed by atoms with E-state index in [-0.39, 0.29) is 0 Å². The fourth-order valence-corrected chi connectivity index (χ4v) is 2.84. The number of benzene rings is 2. The summed E-state index contributed by atoms with van der Waals surface area (Å²) in [5.74, 6) is 0.686. The van der Waals surface area contributed by atoms with Crippen molar-refractivity contribution < 1.29 is 4.79 Å². The molecule has 0 bridgehead atoms. The molecule has 0 radical (unpaired) electrons. The zero-order chi connectivity index (χ0) is 13.8. The Morgan fingerprint density at radius 3 is 2.20 bits per heavy atom. The summed E-state index contributed by atoms with van der Waals surface area (Å²) in [6.07, 6.45) is 4.63.